The Labute approximate surface area is 342 Å². The molecule has 0 aromatic heterocycles. The highest BCUT2D eigenvalue weighted by Crippen LogP contribution is 2.44. The maximum atomic E-state index is 14.2. The van der Waals surface area contributed by atoms with Gasteiger partial charge in [-0.25, -0.2) is 9.59 Å². The van der Waals surface area contributed by atoms with E-state index in [4.69, 9.17) is 26.8 Å². The van der Waals surface area contributed by atoms with Crippen LogP contribution in [0.2, 0.25) is 5.02 Å². The first-order valence-electron chi connectivity index (χ1n) is 19.1. The summed E-state index contributed by atoms with van der Waals surface area (Å²) in [5, 5.41) is 10.5. The SMILES string of the molecule is CC(C)C[C@H](N)C(=O)N(C)[C@@H](Cc1cc(Cl)ccc1Br)C(=O)N1CCC[C@@H]1COC/C=C\C[C@@H](C(=O)O)N(C)C(=O)OCC1c2ccccc2-c2ccccc21. The lowest BCUT2D eigenvalue weighted by Gasteiger charge is -2.35. The number of ether oxygens (including phenoxy) is 2. The minimum absolute atomic E-state index is 0.0491. The van der Waals surface area contributed by atoms with E-state index in [-0.39, 0.29) is 62.4 Å². The molecular formula is C43H52BrClN4O7. The van der Waals surface area contributed by atoms with Crippen LogP contribution in [0.3, 0.4) is 0 Å². The van der Waals surface area contributed by atoms with E-state index < -0.39 is 30.2 Å². The maximum absolute atomic E-state index is 14.2. The zero-order chi connectivity index (χ0) is 40.5. The molecule has 5 rings (SSSR count). The summed E-state index contributed by atoms with van der Waals surface area (Å²) in [7, 11) is 3.06. The van der Waals surface area contributed by atoms with Crippen molar-refractivity contribution in [2.75, 3.05) is 40.5 Å². The summed E-state index contributed by atoms with van der Waals surface area (Å²) in [6.07, 6.45) is 4.98. The Morgan fingerprint density at radius 3 is 2.27 bits per heavy atom. The minimum Gasteiger partial charge on any atom is -0.480 e. The summed E-state index contributed by atoms with van der Waals surface area (Å²) in [4.78, 5) is 57.4. The second-order valence-electron chi connectivity index (χ2n) is 15.0. The highest BCUT2D eigenvalue weighted by Gasteiger charge is 2.38. The first-order chi connectivity index (χ1) is 26.8. The van der Waals surface area contributed by atoms with Gasteiger partial charge in [0.15, 0.2) is 0 Å². The van der Waals surface area contributed by atoms with Crippen molar-refractivity contribution in [2.24, 2.45) is 11.7 Å². The third-order valence-electron chi connectivity index (χ3n) is 10.7. The molecular weight excluding hydrogens is 800 g/mol. The number of benzene rings is 3. The molecule has 1 saturated heterocycles. The molecule has 1 aliphatic carbocycles. The van der Waals surface area contributed by atoms with E-state index in [2.05, 4.69) is 28.1 Å². The predicted molar refractivity (Wildman–Crippen MR) is 220 cm³/mol. The standard InChI is InChI=1S/C43H52BrClN4O7/c1-27(2)22-37(46)40(50)47(3)39(24-28-23-29(45)18-19-36(28)44)41(51)49-20-11-12-30(49)25-55-21-10-9-17-38(42(52)53)48(4)43(54)56-26-35-33-15-7-5-13-31(33)32-14-6-8-16-34(32)35/h5-10,13-16,18-19,23,27,30,35,37-39H,11-12,17,20-22,24-26,46H2,1-4H3,(H,52,53)/b10-9-/t30-,37+,38+,39+/m1/s1. The number of likely N-dealkylation sites (N-methyl/N-ethyl adjacent to an activating group) is 2. The van der Waals surface area contributed by atoms with Crippen LogP contribution in [-0.2, 0) is 30.3 Å². The van der Waals surface area contributed by atoms with Crippen LogP contribution in [0.5, 0.6) is 0 Å². The zero-order valence-corrected chi connectivity index (χ0v) is 34.7. The number of halogens is 2. The van der Waals surface area contributed by atoms with Crippen LogP contribution in [0.4, 0.5) is 4.79 Å². The highest BCUT2D eigenvalue weighted by atomic mass is 79.9. The lowest BCUT2D eigenvalue weighted by atomic mass is 9.98. The molecule has 3 amide bonds. The van der Waals surface area contributed by atoms with E-state index in [1.165, 1.54) is 11.9 Å². The van der Waals surface area contributed by atoms with Crippen LogP contribution >= 0.6 is 27.5 Å². The molecule has 11 nitrogen and oxygen atoms in total. The van der Waals surface area contributed by atoms with E-state index in [0.29, 0.717) is 18.0 Å². The Balaban J connectivity index is 1.15. The molecule has 0 bridgehead atoms. The van der Waals surface area contributed by atoms with Crippen molar-refractivity contribution >= 4 is 51.4 Å². The number of carbonyl (C=O) groups is 4. The van der Waals surface area contributed by atoms with Gasteiger partial charge in [-0.05, 0) is 77.6 Å². The third-order valence-corrected chi connectivity index (χ3v) is 11.7. The first kappa shape index (κ1) is 42.9. The Bertz CT molecular complexity index is 1860. The Morgan fingerprint density at radius 1 is 0.964 bits per heavy atom. The fraction of sp³-hybridized carbons (Fsp3) is 0.442. The van der Waals surface area contributed by atoms with Crippen molar-refractivity contribution in [3.8, 4) is 11.1 Å². The fourth-order valence-corrected chi connectivity index (χ4v) is 8.23. The molecule has 1 aliphatic heterocycles. The second kappa shape index (κ2) is 19.8. The number of likely N-dealkylation sites (tertiary alicyclic amines) is 1. The van der Waals surface area contributed by atoms with Crippen molar-refractivity contribution in [3.05, 3.63) is 105 Å². The van der Waals surface area contributed by atoms with Gasteiger partial charge < -0.3 is 30.1 Å². The Hall–Kier alpha value is -4.23. The van der Waals surface area contributed by atoms with Crippen LogP contribution in [0.15, 0.2) is 83.4 Å². The van der Waals surface area contributed by atoms with Gasteiger partial charge in [0.25, 0.3) is 0 Å². The Morgan fingerprint density at radius 2 is 1.62 bits per heavy atom. The van der Waals surface area contributed by atoms with Gasteiger partial charge in [0.05, 0.1) is 25.3 Å². The van der Waals surface area contributed by atoms with E-state index in [1.807, 2.05) is 56.3 Å². The quantitative estimate of drug-likeness (QED) is 0.108. The van der Waals surface area contributed by atoms with Gasteiger partial charge in [0.1, 0.15) is 18.7 Å². The number of hydrogen-bond donors (Lipinski definition) is 2. The van der Waals surface area contributed by atoms with Crippen molar-refractivity contribution in [2.45, 2.75) is 76.0 Å². The fourth-order valence-electron chi connectivity index (χ4n) is 7.63. The topological polar surface area (TPSA) is 143 Å². The minimum atomic E-state index is -1.15. The van der Waals surface area contributed by atoms with Crippen LogP contribution in [0.25, 0.3) is 11.1 Å². The molecule has 0 spiro atoms. The van der Waals surface area contributed by atoms with Crippen molar-refractivity contribution in [1.29, 1.82) is 0 Å². The largest absolute Gasteiger partial charge is 0.480 e. The number of hydrogen-bond acceptors (Lipinski definition) is 7. The summed E-state index contributed by atoms with van der Waals surface area (Å²) >= 11 is 9.88. The molecule has 1 heterocycles. The number of carboxylic acid groups (broad SMARTS) is 1. The molecule has 3 N–H and O–H groups in total. The van der Waals surface area contributed by atoms with E-state index in [1.54, 1.807) is 36.2 Å². The maximum Gasteiger partial charge on any atom is 0.410 e. The molecule has 56 heavy (non-hydrogen) atoms. The average molecular weight is 852 g/mol. The summed E-state index contributed by atoms with van der Waals surface area (Å²) in [6, 6.07) is 18.5. The van der Waals surface area contributed by atoms with Gasteiger partial charge in [-0.2, -0.15) is 0 Å². The summed E-state index contributed by atoms with van der Waals surface area (Å²) in [6.45, 7) is 5.05. The third kappa shape index (κ3) is 10.4. The number of fused-ring (bicyclic) bond motifs is 3. The smallest absolute Gasteiger partial charge is 0.410 e. The zero-order valence-electron chi connectivity index (χ0n) is 32.4. The molecule has 3 aromatic rings. The number of nitrogens with two attached hydrogens (primary N) is 1. The predicted octanol–water partition coefficient (Wildman–Crippen LogP) is 7.13. The molecule has 3 aromatic carbocycles. The molecule has 2 aliphatic rings. The van der Waals surface area contributed by atoms with Gasteiger partial charge in [0, 0.05) is 42.5 Å². The van der Waals surface area contributed by atoms with Crippen molar-refractivity contribution in [1.82, 2.24) is 14.7 Å². The molecule has 1 fully saturated rings. The molecule has 0 unspecified atom stereocenters. The lowest BCUT2D eigenvalue weighted by molar-refractivity contribution is -0.146. The summed E-state index contributed by atoms with van der Waals surface area (Å²) in [5.41, 5.74) is 11.4. The first-order valence-corrected chi connectivity index (χ1v) is 20.3. The lowest BCUT2D eigenvalue weighted by Crippen LogP contribution is -2.55. The number of amides is 3. The Kier molecular flexibility index (Phi) is 15.1. The molecule has 4 atom stereocenters. The van der Waals surface area contributed by atoms with Gasteiger partial charge in [-0.15, -0.1) is 0 Å². The van der Waals surface area contributed by atoms with Gasteiger partial charge >= 0.3 is 12.1 Å². The van der Waals surface area contributed by atoms with Crippen LogP contribution in [0, 0.1) is 5.92 Å². The van der Waals surface area contributed by atoms with Gasteiger partial charge in [-0.1, -0.05) is 102 Å². The number of carboxylic acids is 1. The van der Waals surface area contributed by atoms with E-state index in [9.17, 15) is 24.3 Å². The normalized spacial score (nSPS) is 16.7. The van der Waals surface area contributed by atoms with Crippen LogP contribution in [0.1, 0.15) is 62.1 Å². The van der Waals surface area contributed by atoms with Gasteiger partial charge in [0.2, 0.25) is 11.8 Å². The summed E-state index contributed by atoms with van der Waals surface area (Å²) in [5.74, 6) is -1.56. The number of nitrogens with zero attached hydrogens (tertiary/aromatic N) is 3. The van der Waals surface area contributed by atoms with E-state index in [0.717, 1.165) is 50.0 Å². The molecule has 13 heteroatoms. The molecule has 300 valence electrons. The number of aliphatic carboxylic acids is 1. The van der Waals surface area contributed by atoms with Crippen LogP contribution in [-0.4, -0.2) is 108 Å². The molecule has 0 saturated carbocycles. The molecule has 0 radical (unpaired) electrons. The highest BCUT2D eigenvalue weighted by molar-refractivity contribution is 9.10. The van der Waals surface area contributed by atoms with E-state index >= 15 is 0 Å². The number of rotatable bonds is 17. The van der Waals surface area contributed by atoms with Gasteiger partial charge in [-0.3, -0.25) is 14.5 Å². The second-order valence-corrected chi connectivity index (χ2v) is 16.3. The average Bonchev–Trinajstić information content (AvgIpc) is 3.78. The monoisotopic (exact) mass is 850 g/mol. The van der Waals surface area contributed by atoms with Crippen LogP contribution < -0.4 is 5.73 Å². The van der Waals surface area contributed by atoms with Crippen molar-refractivity contribution < 1.29 is 33.8 Å². The van der Waals surface area contributed by atoms with Crippen molar-refractivity contribution in [3.63, 3.8) is 0 Å². The number of carbonyl (C=O) groups excluding carboxylic acids is 3. The summed E-state index contributed by atoms with van der Waals surface area (Å²) < 4.78 is 12.4.